The van der Waals surface area contributed by atoms with E-state index in [4.69, 9.17) is 4.74 Å². The van der Waals surface area contributed by atoms with Gasteiger partial charge in [-0.05, 0) is 17.5 Å². The molecule has 0 aromatic heterocycles. The highest BCUT2D eigenvalue weighted by atomic mass is 127. The molecule has 64 valence electrons. The number of alkyl halides is 1. The predicted octanol–water partition coefficient (Wildman–Crippen LogP) is 2.73. The number of fused-ring (bicyclic) bond motifs is 1. The molecule has 0 saturated carbocycles. The largest absolute Gasteiger partial charge is 0.376 e. The summed E-state index contributed by atoms with van der Waals surface area (Å²) in [6, 6.07) is 8.54. The lowest BCUT2D eigenvalue weighted by atomic mass is 10.1. The van der Waals surface area contributed by atoms with E-state index in [2.05, 4.69) is 46.9 Å². The van der Waals surface area contributed by atoms with Crippen molar-refractivity contribution in [2.24, 2.45) is 0 Å². The molecule has 2 heteroatoms. The molecule has 0 spiro atoms. The van der Waals surface area contributed by atoms with Gasteiger partial charge in [0, 0.05) is 11.0 Å². The van der Waals surface area contributed by atoms with Gasteiger partial charge in [-0.15, -0.1) is 0 Å². The Labute approximate surface area is 86.3 Å². The lowest BCUT2D eigenvalue weighted by Gasteiger charge is -2.12. The van der Waals surface area contributed by atoms with E-state index in [1.54, 1.807) is 7.11 Å². The normalized spacial score (nSPS) is 27.2. The number of hydrogen-bond acceptors (Lipinski definition) is 1. The molecule has 12 heavy (non-hydrogen) atoms. The molecule has 0 heterocycles. The van der Waals surface area contributed by atoms with E-state index in [1.165, 1.54) is 11.1 Å². The third-order valence-electron chi connectivity index (χ3n) is 2.36. The molecular weight excluding hydrogens is 263 g/mol. The Bertz CT molecular complexity index is 285. The highest BCUT2D eigenvalue weighted by molar-refractivity contribution is 14.1. The average Bonchev–Trinajstić information content (AvgIpc) is 2.40. The van der Waals surface area contributed by atoms with Crippen molar-refractivity contribution < 1.29 is 4.74 Å². The highest BCUT2D eigenvalue weighted by Gasteiger charge is 2.29. The summed E-state index contributed by atoms with van der Waals surface area (Å²) in [5.74, 6) is 0. The highest BCUT2D eigenvalue weighted by Crippen LogP contribution is 2.37. The van der Waals surface area contributed by atoms with E-state index in [1.807, 2.05) is 0 Å². The lowest BCUT2D eigenvalue weighted by Crippen LogP contribution is -2.07. The summed E-state index contributed by atoms with van der Waals surface area (Å²) >= 11 is 2.46. The van der Waals surface area contributed by atoms with Crippen LogP contribution in [0.25, 0.3) is 0 Å². The van der Waals surface area contributed by atoms with Gasteiger partial charge in [-0.3, -0.25) is 0 Å². The molecule has 0 radical (unpaired) electrons. The first-order chi connectivity index (χ1) is 5.83. The van der Waals surface area contributed by atoms with Gasteiger partial charge in [0.2, 0.25) is 0 Å². The maximum atomic E-state index is 5.44. The Balaban J connectivity index is 2.40. The molecule has 0 N–H and O–H groups in total. The van der Waals surface area contributed by atoms with Gasteiger partial charge < -0.3 is 4.74 Å². The zero-order valence-corrected chi connectivity index (χ0v) is 9.11. The first kappa shape index (κ1) is 8.51. The van der Waals surface area contributed by atoms with E-state index in [0.29, 0.717) is 10.0 Å². The molecule has 1 nitrogen and oxygen atoms in total. The number of hydrogen-bond donors (Lipinski definition) is 0. The van der Waals surface area contributed by atoms with Gasteiger partial charge in [0.25, 0.3) is 0 Å². The van der Waals surface area contributed by atoms with Crippen LogP contribution in [0.3, 0.4) is 0 Å². The second-order valence-electron chi connectivity index (χ2n) is 3.08. The maximum absolute atomic E-state index is 5.44. The monoisotopic (exact) mass is 274 g/mol. The van der Waals surface area contributed by atoms with Crippen LogP contribution < -0.4 is 0 Å². The van der Waals surface area contributed by atoms with Crippen molar-refractivity contribution in [2.75, 3.05) is 7.11 Å². The van der Waals surface area contributed by atoms with E-state index >= 15 is 0 Å². The summed E-state index contributed by atoms with van der Waals surface area (Å²) in [7, 11) is 1.79. The molecule has 0 unspecified atom stereocenters. The zero-order chi connectivity index (χ0) is 8.55. The summed E-state index contributed by atoms with van der Waals surface area (Å²) in [6.45, 7) is 0. The second kappa shape index (κ2) is 3.34. The van der Waals surface area contributed by atoms with Crippen molar-refractivity contribution in [3.8, 4) is 0 Å². The Morgan fingerprint density at radius 3 is 2.92 bits per heavy atom. The molecule has 1 aliphatic rings. The summed E-state index contributed by atoms with van der Waals surface area (Å²) in [5, 5.41) is 0. The number of rotatable bonds is 1. The van der Waals surface area contributed by atoms with Crippen LogP contribution in [-0.4, -0.2) is 11.0 Å². The smallest absolute Gasteiger partial charge is 0.0944 e. The van der Waals surface area contributed by atoms with Crippen LogP contribution >= 0.6 is 22.6 Å². The van der Waals surface area contributed by atoms with Crippen LogP contribution in [0.2, 0.25) is 0 Å². The minimum atomic E-state index is 0.307. The van der Waals surface area contributed by atoms with Crippen molar-refractivity contribution in [3.63, 3.8) is 0 Å². The van der Waals surface area contributed by atoms with Crippen molar-refractivity contribution in [1.82, 2.24) is 0 Å². The topological polar surface area (TPSA) is 9.23 Å². The van der Waals surface area contributed by atoms with Crippen LogP contribution in [0, 0.1) is 0 Å². The number of methoxy groups -OCH3 is 1. The molecule has 0 bridgehead atoms. The quantitative estimate of drug-likeness (QED) is 0.565. The summed E-state index contributed by atoms with van der Waals surface area (Å²) < 4.78 is 6.04. The van der Waals surface area contributed by atoms with Gasteiger partial charge in [-0.25, -0.2) is 0 Å². The van der Waals surface area contributed by atoms with Gasteiger partial charge in [0.05, 0.1) is 6.10 Å². The number of ether oxygens (including phenoxy) is 1. The lowest BCUT2D eigenvalue weighted by molar-refractivity contribution is 0.113. The van der Waals surface area contributed by atoms with Gasteiger partial charge in [0.15, 0.2) is 0 Å². The van der Waals surface area contributed by atoms with Gasteiger partial charge in [-0.1, -0.05) is 46.9 Å². The molecule has 2 atom stereocenters. The first-order valence-corrected chi connectivity index (χ1v) is 5.32. The number of benzene rings is 1. The van der Waals surface area contributed by atoms with Crippen LogP contribution in [0.5, 0.6) is 0 Å². The standard InChI is InChI=1S/C10H11IO/c1-12-10-8-5-3-2-4-7(8)6-9(10)11/h2-5,9-10H,6H2,1H3/t9-,10-/m0/s1. The third kappa shape index (κ3) is 1.27. The molecule has 1 aliphatic carbocycles. The fraction of sp³-hybridized carbons (Fsp3) is 0.400. The van der Waals surface area contributed by atoms with Crippen molar-refractivity contribution >= 4 is 22.6 Å². The molecular formula is C10H11IO. The van der Waals surface area contributed by atoms with Crippen LogP contribution in [-0.2, 0) is 11.2 Å². The molecule has 1 aromatic carbocycles. The van der Waals surface area contributed by atoms with Gasteiger partial charge in [0.1, 0.15) is 0 Å². The Kier molecular flexibility index (Phi) is 2.37. The molecule has 0 saturated heterocycles. The van der Waals surface area contributed by atoms with Crippen molar-refractivity contribution in [2.45, 2.75) is 16.4 Å². The van der Waals surface area contributed by atoms with Gasteiger partial charge >= 0.3 is 0 Å². The Morgan fingerprint density at radius 2 is 2.17 bits per heavy atom. The van der Waals surface area contributed by atoms with Gasteiger partial charge in [-0.2, -0.15) is 0 Å². The molecule has 0 aliphatic heterocycles. The van der Waals surface area contributed by atoms with E-state index in [0.717, 1.165) is 6.42 Å². The fourth-order valence-corrected chi connectivity index (χ4v) is 2.94. The zero-order valence-electron chi connectivity index (χ0n) is 6.96. The minimum Gasteiger partial charge on any atom is -0.376 e. The minimum absolute atomic E-state index is 0.307. The summed E-state index contributed by atoms with van der Waals surface area (Å²) in [4.78, 5) is 0. The number of halogens is 1. The Hall–Kier alpha value is -0.0900. The first-order valence-electron chi connectivity index (χ1n) is 4.07. The summed E-state index contributed by atoms with van der Waals surface area (Å²) in [6.07, 6.45) is 1.46. The van der Waals surface area contributed by atoms with Crippen LogP contribution in [0.15, 0.2) is 24.3 Å². The third-order valence-corrected chi connectivity index (χ3v) is 3.45. The SMILES string of the molecule is CO[C@H]1c2ccccc2C[C@@H]1I. The Morgan fingerprint density at radius 1 is 1.42 bits per heavy atom. The van der Waals surface area contributed by atoms with Crippen LogP contribution in [0.4, 0.5) is 0 Å². The maximum Gasteiger partial charge on any atom is 0.0944 e. The van der Waals surface area contributed by atoms with Crippen LogP contribution in [0.1, 0.15) is 17.2 Å². The molecule has 0 fully saturated rings. The average molecular weight is 274 g/mol. The van der Waals surface area contributed by atoms with Crippen molar-refractivity contribution in [1.29, 1.82) is 0 Å². The predicted molar refractivity (Wildman–Crippen MR) is 57.7 cm³/mol. The van der Waals surface area contributed by atoms with E-state index in [9.17, 15) is 0 Å². The fourth-order valence-electron chi connectivity index (χ4n) is 1.78. The molecule has 2 rings (SSSR count). The van der Waals surface area contributed by atoms with E-state index < -0.39 is 0 Å². The second-order valence-corrected chi connectivity index (χ2v) is 4.68. The molecule has 1 aromatic rings. The summed E-state index contributed by atoms with van der Waals surface area (Å²) in [5.41, 5.74) is 2.82. The van der Waals surface area contributed by atoms with Crippen molar-refractivity contribution in [3.05, 3.63) is 35.4 Å². The van der Waals surface area contributed by atoms with E-state index in [-0.39, 0.29) is 0 Å². The molecule has 0 amide bonds.